The molecule has 1 aromatic rings. The summed E-state index contributed by atoms with van der Waals surface area (Å²) < 4.78 is 56.0. The molecule has 0 spiro atoms. The van der Waals surface area contributed by atoms with Gasteiger partial charge in [0.2, 0.25) is 0 Å². The third kappa shape index (κ3) is 3.01. The van der Waals surface area contributed by atoms with Crippen LogP contribution in [0.1, 0.15) is 17.3 Å². The normalized spacial score (nSPS) is 11.9. The van der Waals surface area contributed by atoms with Crippen molar-refractivity contribution >= 4 is 11.9 Å². The number of rotatable bonds is 3. The number of hydrogen-bond donors (Lipinski definition) is 1. The number of amides is 1. The standard InChI is InChI=1S/C11H9F4NO3/c1-4(11(18)19-2)16-10(17)5-3-6(12)8(14)9(15)7(5)13/h3-4H,1-2H3,(H,16,17)/t4-/m0/s1. The Morgan fingerprint density at radius 1 is 1.16 bits per heavy atom. The van der Waals surface area contributed by atoms with E-state index in [2.05, 4.69) is 4.74 Å². The van der Waals surface area contributed by atoms with Crippen LogP contribution in [0.15, 0.2) is 6.07 Å². The fourth-order valence-electron chi connectivity index (χ4n) is 1.25. The first-order valence-corrected chi connectivity index (χ1v) is 5.01. The Bertz CT molecular complexity index is 533. The lowest BCUT2D eigenvalue weighted by atomic mass is 10.1. The second-order valence-corrected chi connectivity index (χ2v) is 3.57. The zero-order valence-corrected chi connectivity index (χ0v) is 9.89. The molecule has 104 valence electrons. The molecule has 0 aliphatic carbocycles. The molecule has 0 aliphatic heterocycles. The molecular weight excluding hydrogens is 270 g/mol. The molecule has 1 aromatic carbocycles. The first kappa shape index (κ1) is 14.9. The van der Waals surface area contributed by atoms with Crippen LogP contribution >= 0.6 is 0 Å². The molecule has 0 aliphatic rings. The first-order valence-electron chi connectivity index (χ1n) is 5.01. The highest BCUT2D eigenvalue weighted by Crippen LogP contribution is 2.18. The smallest absolute Gasteiger partial charge is 0.328 e. The van der Waals surface area contributed by atoms with Gasteiger partial charge in [0, 0.05) is 0 Å². The van der Waals surface area contributed by atoms with Gasteiger partial charge < -0.3 is 10.1 Å². The topological polar surface area (TPSA) is 55.4 Å². The molecule has 0 radical (unpaired) electrons. The minimum Gasteiger partial charge on any atom is -0.467 e. The lowest BCUT2D eigenvalue weighted by Crippen LogP contribution is -2.39. The second kappa shape index (κ2) is 5.68. The Kier molecular flexibility index (Phi) is 4.47. The molecule has 1 rings (SSSR count). The fourth-order valence-corrected chi connectivity index (χ4v) is 1.25. The van der Waals surface area contributed by atoms with Gasteiger partial charge in [-0.2, -0.15) is 0 Å². The second-order valence-electron chi connectivity index (χ2n) is 3.57. The molecule has 1 N–H and O–H groups in total. The predicted molar refractivity (Wildman–Crippen MR) is 55.2 cm³/mol. The molecule has 19 heavy (non-hydrogen) atoms. The summed E-state index contributed by atoms with van der Waals surface area (Å²) in [4.78, 5) is 22.5. The SMILES string of the molecule is COC(=O)[C@H](C)NC(=O)c1cc(F)c(F)c(F)c1F. The van der Waals surface area contributed by atoms with E-state index in [-0.39, 0.29) is 6.07 Å². The van der Waals surface area contributed by atoms with Gasteiger partial charge in [-0.05, 0) is 13.0 Å². The lowest BCUT2D eigenvalue weighted by molar-refractivity contribution is -0.142. The fraction of sp³-hybridized carbons (Fsp3) is 0.273. The molecule has 0 unspecified atom stereocenters. The number of hydrogen-bond acceptors (Lipinski definition) is 3. The van der Waals surface area contributed by atoms with Crippen molar-refractivity contribution in [2.45, 2.75) is 13.0 Å². The molecule has 0 aromatic heterocycles. The maximum absolute atomic E-state index is 13.3. The van der Waals surface area contributed by atoms with Gasteiger partial charge in [0.25, 0.3) is 5.91 Å². The summed E-state index contributed by atoms with van der Waals surface area (Å²) in [6.45, 7) is 1.22. The number of carbonyl (C=O) groups is 2. The Morgan fingerprint density at radius 2 is 1.74 bits per heavy atom. The van der Waals surface area contributed by atoms with E-state index in [9.17, 15) is 27.2 Å². The first-order chi connectivity index (χ1) is 8.79. The van der Waals surface area contributed by atoms with E-state index in [0.717, 1.165) is 7.11 Å². The molecule has 8 heteroatoms. The molecule has 1 atom stereocenters. The number of benzene rings is 1. The van der Waals surface area contributed by atoms with Crippen LogP contribution in [-0.4, -0.2) is 25.0 Å². The van der Waals surface area contributed by atoms with E-state index in [1.54, 1.807) is 0 Å². The van der Waals surface area contributed by atoms with Gasteiger partial charge in [-0.25, -0.2) is 22.4 Å². The van der Waals surface area contributed by atoms with E-state index in [0.29, 0.717) is 0 Å². The lowest BCUT2D eigenvalue weighted by Gasteiger charge is -2.12. The van der Waals surface area contributed by atoms with E-state index in [4.69, 9.17) is 0 Å². The summed E-state index contributed by atoms with van der Waals surface area (Å²) in [5.41, 5.74) is -1.05. The molecule has 0 fully saturated rings. The van der Waals surface area contributed by atoms with Crippen LogP contribution in [0.25, 0.3) is 0 Å². The summed E-state index contributed by atoms with van der Waals surface area (Å²) in [5.74, 6) is -9.78. The highest BCUT2D eigenvalue weighted by molar-refractivity contribution is 5.96. The largest absolute Gasteiger partial charge is 0.467 e. The third-order valence-electron chi connectivity index (χ3n) is 2.25. The van der Waals surface area contributed by atoms with Crippen molar-refractivity contribution in [2.24, 2.45) is 0 Å². The molecular formula is C11H9F4NO3. The maximum Gasteiger partial charge on any atom is 0.328 e. The molecule has 0 heterocycles. The summed E-state index contributed by atoms with van der Waals surface area (Å²) in [6, 6.07) is -0.958. The van der Waals surface area contributed by atoms with Gasteiger partial charge in [-0.3, -0.25) is 4.79 Å². The van der Waals surface area contributed by atoms with Gasteiger partial charge in [0.05, 0.1) is 12.7 Å². The number of esters is 1. The van der Waals surface area contributed by atoms with Crippen LogP contribution < -0.4 is 5.32 Å². The Morgan fingerprint density at radius 3 is 2.26 bits per heavy atom. The van der Waals surface area contributed by atoms with E-state index in [1.807, 2.05) is 5.32 Å². The van der Waals surface area contributed by atoms with Crippen LogP contribution in [0.5, 0.6) is 0 Å². The third-order valence-corrected chi connectivity index (χ3v) is 2.25. The van der Waals surface area contributed by atoms with Crippen molar-refractivity contribution in [3.63, 3.8) is 0 Å². The quantitative estimate of drug-likeness (QED) is 0.395. The molecule has 4 nitrogen and oxygen atoms in total. The minimum absolute atomic E-state index is 0.201. The number of methoxy groups -OCH3 is 1. The predicted octanol–water partition coefficient (Wildman–Crippen LogP) is 1.53. The summed E-state index contributed by atoms with van der Waals surface area (Å²) in [5, 5.41) is 1.95. The van der Waals surface area contributed by atoms with Gasteiger partial charge in [0.1, 0.15) is 6.04 Å². The summed E-state index contributed by atoms with van der Waals surface area (Å²) in [6.07, 6.45) is 0. The maximum atomic E-state index is 13.3. The number of carbonyl (C=O) groups excluding carboxylic acids is 2. The van der Waals surface area contributed by atoms with Crippen LogP contribution in [0.3, 0.4) is 0 Å². The van der Waals surface area contributed by atoms with Gasteiger partial charge in [-0.1, -0.05) is 0 Å². The average Bonchev–Trinajstić information content (AvgIpc) is 2.39. The van der Waals surface area contributed by atoms with Crippen LogP contribution in [0.2, 0.25) is 0 Å². The van der Waals surface area contributed by atoms with Crippen molar-refractivity contribution < 1.29 is 31.9 Å². The van der Waals surface area contributed by atoms with E-state index in [1.165, 1.54) is 6.92 Å². The van der Waals surface area contributed by atoms with Crippen molar-refractivity contribution in [3.05, 3.63) is 34.9 Å². The van der Waals surface area contributed by atoms with Crippen LogP contribution in [0.4, 0.5) is 17.6 Å². The van der Waals surface area contributed by atoms with Crippen LogP contribution in [-0.2, 0) is 9.53 Å². The van der Waals surface area contributed by atoms with Crippen molar-refractivity contribution in [3.8, 4) is 0 Å². The van der Waals surface area contributed by atoms with Crippen molar-refractivity contribution in [1.82, 2.24) is 5.32 Å². The molecule has 0 saturated carbocycles. The van der Waals surface area contributed by atoms with E-state index < -0.39 is 46.8 Å². The Balaban J connectivity index is 3.05. The van der Waals surface area contributed by atoms with E-state index >= 15 is 0 Å². The van der Waals surface area contributed by atoms with Gasteiger partial charge in [-0.15, -0.1) is 0 Å². The Labute approximate surface area is 105 Å². The Hall–Kier alpha value is -2.12. The average molecular weight is 279 g/mol. The van der Waals surface area contributed by atoms with Gasteiger partial charge >= 0.3 is 5.97 Å². The number of ether oxygens (including phenoxy) is 1. The van der Waals surface area contributed by atoms with Gasteiger partial charge in [0.15, 0.2) is 23.3 Å². The number of nitrogens with one attached hydrogen (secondary N) is 1. The summed E-state index contributed by atoms with van der Waals surface area (Å²) in [7, 11) is 1.06. The highest BCUT2D eigenvalue weighted by atomic mass is 19.2. The number of halogens is 4. The highest BCUT2D eigenvalue weighted by Gasteiger charge is 2.25. The van der Waals surface area contributed by atoms with Crippen molar-refractivity contribution in [2.75, 3.05) is 7.11 Å². The zero-order valence-electron chi connectivity index (χ0n) is 9.89. The monoisotopic (exact) mass is 279 g/mol. The molecule has 0 saturated heterocycles. The van der Waals surface area contributed by atoms with Crippen molar-refractivity contribution in [1.29, 1.82) is 0 Å². The minimum atomic E-state index is -2.10. The van der Waals surface area contributed by atoms with Crippen LogP contribution in [0, 0.1) is 23.3 Å². The summed E-state index contributed by atoms with van der Waals surface area (Å²) >= 11 is 0. The molecule has 0 bridgehead atoms. The molecule has 1 amide bonds. The zero-order chi connectivity index (χ0) is 14.7.